The molecule has 0 saturated carbocycles. The molecule has 0 saturated heterocycles. The highest BCUT2D eigenvalue weighted by atomic mass is 16.5. The van der Waals surface area contributed by atoms with Crippen molar-refractivity contribution < 1.29 is 24.5 Å². The van der Waals surface area contributed by atoms with Crippen LogP contribution in [0.1, 0.15) is 386 Å². The van der Waals surface area contributed by atoms with E-state index in [0.29, 0.717) is 25.9 Å². The Morgan fingerprint density at radius 3 is 1.01 bits per heavy atom. The van der Waals surface area contributed by atoms with Crippen LogP contribution in [0.2, 0.25) is 0 Å². The lowest BCUT2D eigenvalue weighted by Gasteiger charge is -2.22. The Bertz CT molecular complexity index is 1260. The summed E-state index contributed by atoms with van der Waals surface area (Å²) >= 11 is 0. The number of carbonyl (C=O) groups excluding carboxylic acids is 2. The second-order valence-electron chi connectivity index (χ2n) is 24.2. The van der Waals surface area contributed by atoms with Crippen LogP contribution in [-0.2, 0) is 14.3 Å². The fourth-order valence-corrected chi connectivity index (χ4v) is 11.0. The monoisotopic (exact) mass is 1100 g/mol. The summed E-state index contributed by atoms with van der Waals surface area (Å²) in [4.78, 5) is 24.6. The van der Waals surface area contributed by atoms with Crippen molar-refractivity contribution in [1.29, 1.82) is 0 Å². The van der Waals surface area contributed by atoms with Crippen molar-refractivity contribution in [2.45, 2.75) is 398 Å². The predicted molar refractivity (Wildman–Crippen MR) is 343 cm³/mol. The Morgan fingerprint density at radius 1 is 0.359 bits per heavy atom. The van der Waals surface area contributed by atoms with Crippen LogP contribution >= 0.6 is 0 Å². The quantitative estimate of drug-likeness (QED) is 0.0320. The number of esters is 1. The van der Waals surface area contributed by atoms with Crippen molar-refractivity contribution in [2.24, 2.45) is 0 Å². The number of rotatable bonds is 66. The van der Waals surface area contributed by atoms with Crippen molar-refractivity contribution >= 4 is 11.9 Å². The molecular weight excluding hydrogens is 959 g/mol. The smallest absolute Gasteiger partial charge is 0.305 e. The molecule has 0 aromatic carbocycles. The predicted octanol–water partition coefficient (Wildman–Crippen LogP) is 22.7. The van der Waals surface area contributed by atoms with Gasteiger partial charge < -0.3 is 20.3 Å². The molecule has 0 rings (SSSR count). The maximum absolute atomic E-state index is 12.5. The van der Waals surface area contributed by atoms with Gasteiger partial charge in [0.2, 0.25) is 5.91 Å². The zero-order chi connectivity index (χ0) is 56.4. The van der Waals surface area contributed by atoms with E-state index >= 15 is 0 Å². The normalized spacial score (nSPS) is 12.7. The highest BCUT2D eigenvalue weighted by Crippen LogP contribution is 2.18. The van der Waals surface area contributed by atoms with Crippen LogP contribution in [0, 0.1) is 0 Å². The molecule has 0 aromatic heterocycles. The molecule has 2 unspecified atom stereocenters. The van der Waals surface area contributed by atoms with Crippen LogP contribution in [0.15, 0.2) is 36.5 Å². The maximum Gasteiger partial charge on any atom is 0.305 e. The highest BCUT2D eigenvalue weighted by molar-refractivity contribution is 5.76. The summed E-state index contributed by atoms with van der Waals surface area (Å²) in [6, 6.07) is -0.540. The highest BCUT2D eigenvalue weighted by Gasteiger charge is 2.20. The second-order valence-corrected chi connectivity index (χ2v) is 24.2. The summed E-state index contributed by atoms with van der Waals surface area (Å²) in [6.07, 6.45) is 86.2. The van der Waals surface area contributed by atoms with Crippen molar-refractivity contribution in [3.8, 4) is 0 Å². The number of carbonyl (C=O) groups is 2. The summed E-state index contributed by atoms with van der Waals surface area (Å²) in [5.74, 6) is -0.0217. The van der Waals surface area contributed by atoms with Gasteiger partial charge in [0, 0.05) is 12.8 Å². The molecule has 460 valence electrons. The van der Waals surface area contributed by atoms with E-state index in [1.807, 2.05) is 0 Å². The number of nitrogens with one attached hydrogen (secondary N) is 1. The fraction of sp³-hybridized carbons (Fsp3) is 0.889. The maximum atomic E-state index is 12.5. The topological polar surface area (TPSA) is 95.9 Å². The van der Waals surface area contributed by atoms with E-state index in [0.717, 1.165) is 51.4 Å². The lowest BCUT2D eigenvalue weighted by Crippen LogP contribution is -2.45. The van der Waals surface area contributed by atoms with Gasteiger partial charge in [0.05, 0.1) is 25.4 Å². The number of aliphatic hydroxyl groups is 2. The molecule has 0 bridgehead atoms. The number of aliphatic hydroxyl groups excluding tert-OH is 2. The summed E-state index contributed by atoms with van der Waals surface area (Å²) in [5, 5.41) is 23.3. The molecule has 0 aliphatic rings. The van der Waals surface area contributed by atoms with Crippen LogP contribution in [-0.4, -0.2) is 47.4 Å². The molecular formula is C72H137NO5. The van der Waals surface area contributed by atoms with Gasteiger partial charge in [0.1, 0.15) is 0 Å². The van der Waals surface area contributed by atoms with Gasteiger partial charge >= 0.3 is 5.97 Å². The molecule has 0 heterocycles. The third-order valence-corrected chi connectivity index (χ3v) is 16.4. The molecule has 0 aliphatic carbocycles. The van der Waals surface area contributed by atoms with Gasteiger partial charge in [-0.15, -0.1) is 0 Å². The number of hydrogen-bond acceptors (Lipinski definition) is 5. The molecule has 78 heavy (non-hydrogen) atoms. The molecule has 0 spiro atoms. The number of unbranched alkanes of at least 4 members (excludes halogenated alkanes) is 49. The zero-order valence-electron chi connectivity index (χ0n) is 52.7. The standard InChI is InChI=1S/C72H137NO5/c1-3-5-7-9-11-13-15-17-19-34-38-42-46-50-54-58-62-66-72(77)78-67-63-59-55-51-47-43-39-36-33-31-29-27-25-23-21-20-22-24-26-28-30-32-35-37-41-45-49-53-57-61-65-71(76)73-69(68-74)70(75)64-60-56-52-48-44-40-18-16-14-12-10-8-6-4-2/h11,13,17,19,21,23,69-70,74-75H,3-10,12,14-16,18,20,22,24-68H2,1-2H3,(H,73,76)/b13-11-,19-17-,23-21-. The van der Waals surface area contributed by atoms with Crippen LogP contribution in [0.25, 0.3) is 0 Å². The van der Waals surface area contributed by atoms with Crippen LogP contribution in [0.3, 0.4) is 0 Å². The third-order valence-electron chi connectivity index (χ3n) is 16.4. The lowest BCUT2D eigenvalue weighted by atomic mass is 10.0. The number of allylic oxidation sites excluding steroid dienone is 6. The van der Waals surface area contributed by atoms with Crippen LogP contribution in [0.4, 0.5) is 0 Å². The molecule has 0 aromatic rings. The van der Waals surface area contributed by atoms with Gasteiger partial charge in [0.25, 0.3) is 0 Å². The summed E-state index contributed by atoms with van der Waals surface area (Å²) in [6.45, 7) is 4.95. The van der Waals surface area contributed by atoms with Gasteiger partial charge in [-0.1, -0.05) is 326 Å². The number of ether oxygens (including phenoxy) is 1. The minimum absolute atomic E-state index is 0.00968. The van der Waals surface area contributed by atoms with E-state index < -0.39 is 12.1 Å². The largest absolute Gasteiger partial charge is 0.466 e. The molecule has 3 N–H and O–H groups in total. The minimum Gasteiger partial charge on any atom is -0.466 e. The Labute approximate surface area is 487 Å². The summed E-state index contributed by atoms with van der Waals surface area (Å²) in [5.41, 5.74) is 0. The van der Waals surface area contributed by atoms with Gasteiger partial charge in [-0.2, -0.15) is 0 Å². The van der Waals surface area contributed by atoms with E-state index in [9.17, 15) is 19.8 Å². The minimum atomic E-state index is -0.663. The lowest BCUT2D eigenvalue weighted by molar-refractivity contribution is -0.143. The Morgan fingerprint density at radius 2 is 0.641 bits per heavy atom. The molecule has 6 nitrogen and oxygen atoms in total. The fourth-order valence-electron chi connectivity index (χ4n) is 11.0. The number of hydrogen-bond donors (Lipinski definition) is 3. The third kappa shape index (κ3) is 63.3. The molecule has 0 aliphatic heterocycles. The van der Waals surface area contributed by atoms with Gasteiger partial charge in [-0.3, -0.25) is 9.59 Å². The van der Waals surface area contributed by atoms with Crippen molar-refractivity contribution in [1.82, 2.24) is 5.32 Å². The Balaban J connectivity index is 3.35. The van der Waals surface area contributed by atoms with Gasteiger partial charge in [0.15, 0.2) is 0 Å². The second kappa shape index (κ2) is 67.6. The Kier molecular flexibility index (Phi) is 65.9. The Hall–Kier alpha value is -1.92. The molecule has 0 fully saturated rings. The first-order chi connectivity index (χ1) is 38.5. The van der Waals surface area contributed by atoms with Gasteiger partial charge in [-0.05, 0) is 83.5 Å². The van der Waals surface area contributed by atoms with Gasteiger partial charge in [-0.25, -0.2) is 0 Å². The molecule has 2 atom stereocenters. The van der Waals surface area contributed by atoms with Crippen LogP contribution < -0.4 is 5.32 Å². The van der Waals surface area contributed by atoms with E-state index in [4.69, 9.17) is 4.74 Å². The molecule has 1 amide bonds. The van der Waals surface area contributed by atoms with E-state index in [-0.39, 0.29) is 18.5 Å². The van der Waals surface area contributed by atoms with E-state index in [1.54, 1.807) is 0 Å². The average molecular weight is 1100 g/mol. The van der Waals surface area contributed by atoms with Crippen molar-refractivity contribution in [2.75, 3.05) is 13.2 Å². The molecule has 6 heteroatoms. The summed E-state index contributed by atoms with van der Waals surface area (Å²) in [7, 11) is 0. The molecule has 0 radical (unpaired) electrons. The first-order valence-electron chi connectivity index (χ1n) is 35.2. The van der Waals surface area contributed by atoms with Crippen molar-refractivity contribution in [3.63, 3.8) is 0 Å². The van der Waals surface area contributed by atoms with Crippen LogP contribution in [0.5, 0.6) is 0 Å². The van der Waals surface area contributed by atoms with Crippen molar-refractivity contribution in [3.05, 3.63) is 36.5 Å². The summed E-state index contributed by atoms with van der Waals surface area (Å²) < 4.78 is 5.50. The van der Waals surface area contributed by atoms with E-state index in [2.05, 4.69) is 55.6 Å². The SMILES string of the molecule is CCCCC/C=C\C/C=C\CCCCCCCCCC(=O)OCCCCCCCCCCCCCC/C=C\CCCCCCCCCCCCCCCCC(=O)NC(CO)C(O)CCCCCCCCCCCCCCCC. The first-order valence-corrected chi connectivity index (χ1v) is 35.2. The zero-order valence-corrected chi connectivity index (χ0v) is 52.7. The first kappa shape index (κ1) is 76.1. The van der Waals surface area contributed by atoms with E-state index in [1.165, 1.54) is 302 Å². The number of amides is 1. The average Bonchev–Trinajstić information content (AvgIpc) is 3.44.